The zero-order valence-corrected chi connectivity index (χ0v) is 15.2. The summed E-state index contributed by atoms with van der Waals surface area (Å²) in [6, 6.07) is 5.54. The molecule has 0 aliphatic carbocycles. The number of nitrogens with one attached hydrogen (secondary N) is 1. The van der Waals surface area contributed by atoms with E-state index in [9.17, 15) is 4.79 Å². The maximum absolute atomic E-state index is 12.4. The molecular weight excluding hydrogens is 354 g/mol. The van der Waals surface area contributed by atoms with Crippen LogP contribution < -0.4 is 10.2 Å². The van der Waals surface area contributed by atoms with Crippen LogP contribution in [0, 0.1) is 0 Å². The van der Waals surface area contributed by atoms with Gasteiger partial charge in [-0.15, -0.1) is 10.2 Å². The predicted molar refractivity (Wildman–Crippen MR) is 98.6 cm³/mol. The highest BCUT2D eigenvalue weighted by atomic mass is 35.5. The number of hydrogen-bond donors (Lipinski definition) is 1. The van der Waals surface area contributed by atoms with Crippen LogP contribution in [0.2, 0.25) is 5.02 Å². The minimum Gasteiger partial charge on any atom is -0.348 e. The van der Waals surface area contributed by atoms with Gasteiger partial charge in [0.2, 0.25) is 5.95 Å². The number of piperidine rings is 1. The Bertz CT molecular complexity index is 926. The first-order valence-corrected chi connectivity index (χ1v) is 9.11. The van der Waals surface area contributed by atoms with Crippen molar-refractivity contribution in [3.8, 4) is 0 Å². The molecule has 1 aliphatic rings. The lowest BCUT2D eigenvalue weighted by Gasteiger charge is -2.32. The molecule has 4 heterocycles. The van der Waals surface area contributed by atoms with Gasteiger partial charge in [0, 0.05) is 38.1 Å². The van der Waals surface area contributed by atoms with Crippen LogP contribution >= 0.6 is 11.6 Å². The lowest BCUT2D eigenvalue weighted by molar-refractivity contribution is 0.0920. The van der Waals surface area contributed by atoms with Crippen molar-refractivity contribution in [2.75, 3.05) is 18.0 Å². The number of halogens is 1. The Labute approximate surface area is 155 Å². The van der Waals surface area contributed by atoms with E-state index in [1.807, 2.05) is 23.6 Å². The molecule has 1 fully saturated rings. The van der Waals surface area contributed by atoms with Gasteiger partial charge < -0.3 is 10.2 Å². The summed E-state index contributed by atoms with van der Waals surface area (Å²) in [4.78, 5) is 14.6. The molecule has 3 aromatic heterocycles. The topological polar surface area (TPSA) is 80.3 Å². The summed E-state index contributed by atoms with van der Waals surface area (Å²) in [5.41, 5.74) is 1.38. The van der Waals surface area contributed by atoms with Crippen LogP contribution in [0.1, 0.15) is 30.3 Å². The first-order chi connectivity index (χ1) is 12.7. The van der Waals surface area contributed by atoms with Crippen LogP contribution in [-0.2, 0) is 6.54 Å². The standard InChI is InChI=1S/C17H20ClN7O/c1-2-25-14(5-8-19-25)16(26)20-13-6-9-23(10-7-13)17-22-21-15-4-3-12(18)11-24(15)17/h3-5,8,11,13H,2,6-7,9-10H2,1H3,(H,20,26). The fourth-order valence-electron chi connectivity index (χ4n) is 3.33. The van der Waals surface area contributed by atoms with Crippen molar-refractivity contribution in [1.29, 1.82) is 0 Å². The molecule has 0 spiro atoms. The third kappa shape index (κ3) is 3.12. The molecule has 3 aromatic rings. The van der Waals surface area contributed by atoms with Gasteiger partial charge in [-0.2, -0.15) is 5.10 Å². The van der Waals surface area contributed by atoms with Crippen LogP contribution in [0.25, 0.3) is 5.65 Å². The Morgan fingerprint density at radius 2 is 2.08 bits per heavy atom. The summed E-state index contributed by atoms with van der Waals surface area (Å²) in [6.45, 7) is 4.24. The monoisotopic (exact) mass is 373 g/mol. The van der Waals surface area contributed by atoms with Crippen molar-refractivity contribution in [2.45, 2.75) is 32.4 Å². The molecule has 0 atom stereocenters. The summed E-state index contributed by atoms with van der Waals surface area (Å²) in [5, 5.41) is 16.4. The normalized spacial score (nSPS) is 15.5. The minimum atomic E-state index is -0.0671. The summed E-state index contributed by atoms with van der Waals surface area (Å²) >= 11 is 6.09. The second kappa shape index (κ2) is 6.95. The van der Waals surface area contributed by atoms with Crippen molar-refractivity contribution >= 4 is 29.1 Å². The third-order valence-electron chi connectivity index (χ3n) is 4.71. The Hall–Kier alpha value is -2.61. The van der Waals surface area contributed by atoms with Crippen molar-refractivity contribution in [3.05, 3.63) is 41.3 Å². The van der Waals surface area contributed by atoms with E-state index in [1.54, 1.807) is 23.0 Å². The highest BCUT2D eigenvalue weighted by molar-refractivity contribution is 6.30. The number of pyridine rings is 1. The Balaban J connectivity index is 1.41. The lowest BCUT2D eigenvalue weighted by Crippen LogP contribution is -2.45. The molecule has 136 valence electrons. The number of nitrogens with zero attached hydrogens (tertiary/aromatic N) is 6. The van der Waals surface area contributed by atoms with Crippen LogP contribution in [0.15, 0.2) is 30.6 Å². The Morgan fingerprint density at radius 1 is 1.27 bits per heavy atom. The molecule has 0 unspecified atom stereocenters. The zero-order chi connectivity index (χ0) is 18.1. The van der Waals surface area contributed by atoms with Crippen molar-refractivity contribution < 1.29 is 4.79 Å². The largest absolute Gasteiger partial charge is 0.348 e. The van der Waals surface area contributed by atoms with Gasteiger partial charge in [-0.25, -0.2) is 0 Å². The average Bonchev–Trinajstić information content (AvgIpc) is 3.28. The molecule has 26 heavy (non-hydrogen) atoms. The van der Waals surface area contributed by atoms with Crippen LogP contribution in [0.3, 0.4) is 0 Å². The highest BCUT2D eigenvalue weighted by Crippen LogP contribution is 2.21. The zero-order valence-electron chi connectivity index (χ0n) is 14.5. The molecule has 0 bridgehead atoms. The quantitative estimate of drug-likeness (QED) is 0.756. The summed E-state index contributed by atoms with van der Waals surface area (Å²) in [5.74, 6) is 0.721. The number of aryl methyl sites for hydroxylation is 1. The predicted octanol–water partition coefficient (Wildman–Crippen LogP) is 2.00. The fourth-order valence-corrected chi connectivity index (χ4v) is 3.49. The molecule has 1 amide bonds. The maximum atomic E-state index is 12.4. The molecule has 1 saturated heterocycles. The number of aromatic nitrogens is 5. The molecular formula is C17H20ClN7O. The van der Waals surface area contributed by atoms with Crippen molar-refractivity contribution in [3.63, 3.8) is 0 Å². The highest BCUT2D eigenvalue weighted by Gasteiger charge is 2.24. The van der Waals surface area contributed by atoms with E-state index in [2.05, 4.69) is 25.5 Å². The van der Waals surface area contributed by atoms with Gasteiger partial charge in [0.1, 0.15) is 5.69 Å². The number of fused-ring (bicyclic) bond motifs is 1. The fraction of sp³-hybridized carbons (Fsp3) is 0.412. The van der Waals surface area contributed by atoms with Gasteiger partial charge in [0.15, 0.2) is 5.65 Å². The van der Waals surface area contributed by atoms with Gasteiger partial charge >= 0.3 is 0 Å². The number of carbonyl (C=O) groups is 1. The molecule has 1 aliphatic heterocycles. The van der Waals surface area contributed by atoms with Crippen LogP contribution in [0.4, 0.5) is 5.95 Å². The summed E-state index contributed by atoms with van der Waals surface area (Å²) < 4.78 is 3.61. The van der Waals surface area contributed by atoms with E-state index in [-0.39, 0.29) is 11.9 Å². The third-order valence-corrected chi connectivity index (χ3v) is 4.93. The van der Waals surface area contributed by atoms with E-state index in [1.165, 1.54) is 0 Å². The van der Waals surface area contributed by atoms with E-state index < -0.39 is 0 Å². The van der Waals surface area contributed by atoms with Gasteiger partial charge in [0.25, 0.3) is 5.91 Å². The van der Waals surface area contributed by atoms with E-state index in [0.29, 0.717) is 17.3 Å². The number of carbonyl (C=O) groups excluding carboxylic acids is 1. The lowest BCUT2D eigenvalue weighted by atomic mass is 10.1. The smallest absolute Gasteiger partial charge is 0.269 e. The van der Waals surface area contributed by atoms with E-state index in [4.69, 9.17) is 11.6 Å². The number of rotatable bonds is 4. The van der Waals surface area contributed by atoms with Gasteiger partial charge in [-0.3, -0.25) is 13.9 Å². The van der Waals surface area contributed by atoms with E-state index >= 15 is 0 Å². The molecule has 9 heteroatoms. The van der Waals surface area contributed by atoms with Gasteiger partial charge in [-0.05, 0) is 38.0 Å². The molecule has 4 rings (SSSR count). The number of anilines is 1. The molecule has 0 aromatic carbocycles. The second-order valence-electron chi connectivity index (χ2n) is 6.34. The SMILES string of the molecule is CCn1nccc1C(=O)NC1CCN(c2nnc3ccc(Cl)cn23)CC1. The van der Waals surface area contributed by atoms with E-state index in [0.717, 1.165) is 37.5 Å². The summed E-state index contributed by atoms with van der Waals surface area (Å²) in [7, 11) is 0. The Kier molecular flexibility index (Phi) is 4.50. The van der Waals surface area contributed by atoms with Crippen molar-refractivity contribution in [2.24, 2.45) is 0 Å². The molecule has 0 radical (unpaired) electrons. The Morgan fingerprint density at radius 3 is 2.85 bits per heavy atom. The second-order valence-corrected chi connectivity index (χ2v) is 6.78. The van der Waals surface area contributed by atoms with Crippen LogP contribution in [-0.4, -0.2) is 49.4 Å². The first-order valence-electron chi connectivity index (χ1n) is 8.73. The number of amides is 1. The average molecular weight is 374 g/mol. The maximum Gasteiger partial charge on any atom is 0.269 e. The van der Waals surface area contributed by atoms with Gasteiger partial charge in [0.05, 0.1) is 5.02 Å². The molecule has 1 N–H and O–H groups in total. The first kappa shape index (κ1) is 16.8. The summed E-state index contributed by atoms with van der Waals surface area (Å²) in [6.07, 6.45) is 5.18. The van der Waals surface area contributed by atoms with Crippen LogP contribution in [0.5, 0.6) is 0 Å². The number of hydrogen-bond acceptors (Lipinski definition) is 5. The van der Waals surface area contributed by atoms with Gasteiger partial charge in [-0.1, -0.05) is 11.6 Å². The minimum absolute atomic E-state index is 0.0671. The molecule has 0 saturated carbocycles. The van der Waals surface area contributed by atoms with Crippen molar-refractivity contribution in [1.82, 2.24) is 29.7 Å². The molecule has 8 nitrogen and oxygen atoms in total.